The van der Waals surface area contributed by atoms with Crippen molar-refractivity contribution < 1.29 is 0 Å². The molecule has 1 heterocycles. The van der Waals surface area contributed by atoms with Gasteiger partial charge in [-0.1, -0.05) is 32.6 Å². The number of aryl methyl sites for hydroxylation is 1. The summed E-state index contributed by atoms with van der Waals surface area (Å²) in [6.07, 6.45) is 8.85. The Bertz CT molecular complexity index is 360. The van der Waals surface area contributed by atoms with Gasteiger partial charge in [-0.25, -0.2) is 9.97 Å². The number of nitrogens with zero attached hydrogens (tertiary/aromatic N) is 2. The van der Waals surface area contributed by atoms with Crippen LogP contribution in [-0.4, -0.2) is 16.0 Å². The van der Waals surface area contributed by atoms with Crippen LogP contribution < -0.4 is 5.32 Å². The second kappa shape index (κ2) is 6.34. The number of aromatic nitrogens is 2. The summed E-state index contributed by atoms with van der Waals surface area (Å²) in [5, 5.41) is 3.56. The number of halogens is 1. The van der Waals surface area contributed by atoms with Crippen LogP contribution in [0.5, 0.6) is 0 Å². The maximum absolute atomic E-state index is 4.52. The van der Waals surface area contributed by atoms with E-state index in [4.69, 9.17) is 0 Å². The fourth-order valence-electron chi connectivity index (χ4n) is 2.33. The lowest BCUT2D eigenvalue weighted by atomic mass is 10.1. The maximum atomic E-state index is 4.52. The molecule has 17 heavy (non-hydrogen) atoms. The Labute approximate surface area is 112 Å². The minimum Gasteiger partial charge on any atom is -0.367 e. The third-order valence-corrected chi connectivity index (χ3v) is 3.67. The van der Waals surface area contributed by atoms with Gasteiger partial charge in [0.25, 0.3) is 0 Å². The maximum Gasteiger partial charge on any atom is 0.131 e. The molecule has 2 rings (SSSR count). The molecule has 1 saturated carbocycles. The molecular weight excluding hydrogens is 278 g/mol. The van der Waals surface area contributed by atoms with Gasteiger partial charge in [-0.15, -0.1) is 0 Å². The first kappa shape index (κ1) is 12.8. The monoisotopic (exact) mass is 297 g/mol. The zero-order valence-electron chi connectivity index (χ0n) is 10.4. The van der Waals surface area contributed by atoms with Gasteiger partial charge in [0.2, 0.25) is 0 Å². The van der Waals surface area contributed by atoms with Crippen LogP contribution in [0.4, 0.5) is 5.82 Å². The normalized spacial score (nSPS) is 17.8. The highest BCUT2D eigenvalue weighted by Gasteiger charge is 2.13. The van der Waals surface area contributed by atoms with Crippen LogP contribution >= 0.6 is 15.9 Å². The van der Waals surface area contributed by atoms with Crippen molar-refractivity contribution in [1.82, 2.24) is 9.97 Å². The Morgan fingerprint density at radius 3 is 2.59 bits per heavy atom. The van der Waals surface area contributed by atoms with Crippen molar-refractivity contribution in [1.29, 1.82) is 0 Å². The smallest absolute Gasteiger partial charge is 0.131 e. The highest BCUT2D eigenvalue weighted by Crippen LogP contribution is 2.21. The van der Waals surface area contributed by atoms with E-state index in [1.54, 1.807) is 0 Å². The molecule has 1 aliphatic rings. The lowest BCUT2D eigenvalue weighted by Crippen LogP contribution is -2.19. The fraction of sp³-hybridized carbons (Fsp3) is 0.692. The predicted octanol–water partition coefficient (Wildman–Crippen LogP) is 3.94. The van der Waals surface area contributed by atoms with Crippen molar-refractivity contribution in [2.45, 2.75) is 57.9 Å². The van der Waals surface area contributed by atoms with Gasteiger partial charge in [-0.05, 0) is 28.8 Å². The number of anilines is 1. The van der Waals surface area contributed by atoms with Crippen molar-refractivity contribution in [2.24, 2.45) is 0 Å². The van der Waals surface area contributed by atoms with Crippen LogP contribution in [0.2, 0.25) is 0 Å². The molecule has 1 aliphatic carbocycles. The standard InChI is InChI=1S/C13H20BrN3/c1-2-12-16-11(14)9-13(17-12)15-10-7-5-3-4-6-8-10/h9-10H,2-8H2,1H3,(H,15,16,17). The topological polar surface area (TPSA) is 37.8 Å². The van der Waals surface area contributed by atoms with Gasteiger partial charge in [0.05, 0.1) is 0 Å². The minimum absolute atomic E-state index is 0.587. The molecule has 0 amide bonds. The average Bonchev–Trinajstić information content (AvgIpc) is 2.57. The van der Waals surface area contributed by atoms with Gasteiger partial charge < -0.3 is 5.32 Å². The van der Waals surface area contributed by atoms with Gasteiger partial charge in [0, 0.05) is 18.5 Å². The summed E-state index contributed by atoms with van der Waals surface area (Å²) in [5.74, 6) is 1.87. The molecule has 1 fully saturated rings. The van der Waals surface area contributed by atoms with Crippen LogP contribution in [0.15, 0.2) is 10.7 Å². The summed E-state index contributed by atoms with van der Waals surface area (Å²) >= 11 is 3.44. The molecule has 3 nitrogen and oxygen atoms in total. The predicted molar refractivity (Wildman–Crippen MR) is 74.2 cm³/mol. The summed E-state index contributed by atoms with van der Waals surface area (Å²) in [4.78, 5) is 8.85. The number of nitrogens with one attached hydrogen (secondary N) is 1. The lowest BCUT2D eigenvalue weighted by molar-refractivity contribution is 0.616. The van der Waals surface area contributed by atoms with E-state index >= 15 is 0 Å². The fourth-order valence-corrected chi connectivity index (χ4v) is 2.75. The summed E-state index contributed by atoms with van der Waals surface area (Å²) < 4.78 is 0.875. The van der Waals surface area contributed by atoms with E-state index in [0.717, 1.165) is 22.7 Å². The van der Waals surface area contributed by atoms with Crippen LogP contribution in [0.3, 0.4) is 0 Å². The quantitative estimate of drug-likeness (QED) is 0.678. The molecule has 0 aliphatic heterocycles. The number of hydrogen-bond acceptors (Lipinski definition) is 3. The number of hydrogen-bond donors (Lipinski definition) is 1. The summed E-state index contributed by atoms with van der Waals surface area (Å²) in [6, 6.07) is 2.56. The Balaban J connectivity index is 2.03. The molecule has 0 bridgehead atoms. The SMILES string of the molecule is CCc1nc(Br)cc(NC2CCCCCC2)n1. The minimum atomic E-state index is 0.587. The molecule has 0 spiro atoms. The number of rotatable bonds is 3. The second-order valence-corrected chi connectivity index (χ2v) is 5.49. The molecular formula is C13H20BrN3. The Hall–Kier alpha value is -0.640. The summed E-state index contributed by atoms with van der Waals surface area (Å²) in [7, 11) is 0. The average molecular weight is 298 g/mol. The van der Waals surface area contributed by atoms with Crippen LogP contribution in [0, 0.1) is 0 Å². The van der Waals surface area contributed by atoms with Crippen molar-refractivity contribution >= 4 is 21.7 Å². The molecule has 1 aromatic heterocycles. The highest BCUT2D eigenvalue weighted by molar-refractivity contribution is 9.10. The summed E-state index contributed by atoms with van der Waals surface area (Å²) in [6.45, 7) is 2.08. The van der Waals surface area contributed by atoms with E-state index in [1.165, 1.54) is 38.5 Å². The first-order chi connectivity index (χ1) is 8.28. The largest absolute Gasteiger partial charge is 0.367 e. The molecule has 0 radical (unpaired) electrons. The van der Waals surface area contributed by atoms with Crippen LogP contribution in [-0.2, 0) is 6.42 Å². The Morgan fingerprint density at radius 1 is 1.24 bits per heavy atom. The second-order valence-electron chi connectivity index (χ2n) is 4.68. The Kier molecular flexibility index (Phi) is 4.77. The summed E-state index contributed by atoms with van der Waals surface area (Å²) in [5.41, 5.74) is 0. The van der Waals surface area contributed by atoms with E-state index in [0.29, 0.717) is 6.04 Å². The molecule has 1 N–H and O–H groups in total. The van der Waals surface area contributed by atoms with Gasteiger partial charge in [0.1, 0.15) is 16.2 Å². The molecule has 0 unspecified atom stereocenters. The van der Waals surface area contributed by atoms with Crippen molar-refractivity contribution in [3.8, 4) is 0 Å². The molecule has 0 atom stereocenters. The molecule has 0 saturated heterocycles. The molecule has 1 aromatic rings. The van der Waals surface area contributed by atoms with E-state index < -0.39 is 0 Å². The third kappa shape index (κ3) is 3.95. The van der Waals surface area contributed by atoms with Crippen LogP contribution in [0.25, 0.3) is 0 Å². The van der Waals surface area contributed by atoms with E-state index in [-0.39, 0.29) is 0 Å². The highest BCUT2D eigenvalue weighted by atomic mass is 79.9. The van der Waals surface area contributed by atoms with E-state index in [2.05, 4.69) is 38.1 Å². The third-order valence-electron chi connectivity index (χ3n) is 3.26. The van der Waals surface area contributed by atoms with E-state index in [1.807, 2.05) is 6.07 Å². The first-order valence-electron chi connectivity index (χ1n) is 6.58. The van der Waals surface area contributed by atoms with Crippen molar-refractivity contribution in [3.05, 3.63) is 16.5 Å². The van der Waals surface area contributed by atoms with Gasteiger partial charge in [-0.3, -0.25) is 0 Å². The zero-order valence-corrected chi connectivity index (χ0v) is 12.0. The van der Waals surface area contributed by atoms with Gasteiger partial charge in [0.15, 0.2) is 0 Å². The van der Waals surface area contributed by atoms with Gasteiger partial charge >= 0.3 is 0 Å². The van der Waals surface area contributed by atoms with Gasteiger partial charge in [-0.2, -0.15) is 0 Å². The van der Waals surface area contributed by atoms with Crippen molar-refractivity contribution in [2.75, 3.05) is 5.32 Å². The molecule has 0 aromatic carbocycles. The molecule has 4 heteroatoms. The lowest BCUT2D eigenvalue weighted by Gasteiger charge is -2.17. The Morgan fingerprint density at radius 2 is 1.94 bits per heavy atom. The van der Waals surface area contributed by atoms with Crippen molar-refractivity contribution in [3.63, 3.8) is 0 Å². The van der Waals surface area contributed by atoms with Crippen LogP contribution in [0.1, 0.15) is 51.3 Å². The first-order valence-corrected chi connectivity index (χ1v) is 7.37. The van der Waals surface area contributed by atoms with E-state index in [9.17, 15) is 0 Å². The zero-order chi connectivity index (χ0) is 12.1. The molecule has 94 valence electrons.